The number of ether oxygens (including phenoxy) is 2. The van der Waals surface area contributed by atoms with Crippen LogP contribution in [0.1, 0.15) is 31.7 Å². The molecule has 1 aromatic rings. The molecule has 2 atom stereocenters. The van der Waals surface area contributed by atoms with E-state index >= 15 is 0 Å². The number of nitrogens with zero attached hydrogens (tertiary/aromatic N) is 2. The van der Waals surface area contributed by atoms with Gasteiger partial charge in [0.05, 0.1) is 18.2 Å². The lowest BCUT2D eigenvalue weighted by Crippen LogP contribution is -2.46. The Balaban J connectivity index is 1.36. The zero-order chi connectivity index (χ0) is 18.8. The molecule has 1 aliphatic carbocycles. The summed E-state index contributed by atoms with van der Waals surface area (Å²) in [6, 6.07) is 5.18. The Hall–Kier alpha value is -1.66. The number of likely N-dealkylation sites (tertiary alicyclic amines) is 1. The molecule has 2 aliphatic heterocycles. The average Bonchev–Trinajstić information content (AvgIpc) is 3.46. The minimum atomic E-state index is 0.434. The molecule has 7 heteroatoms. The Labute approximate surface area is 166 Å². The lowest BCUT2D eigenvalue weighted by Gasteiger charge is -2.21. The van der Waals surface area contributed by atoms with Gasteiger partial charge < -0.3 is 20.1 Å². The molecule has 0 amide bonds. The maximum atomic E-state index is 6.39. The van der Waals surface area contributed by atoms with Gasteiger partial charge in [-0.2, -0.15) is 0 Å². The SMILES string of the molecule is CN=C(NCc1cc(Cl)c2c(c1)OCCCO2)NC1CN(C2CC2)CC1C. The molecule has 6 nitrogen and oxygen atoms in total. The summed E-state index contributed by atoms with van der Waals surface area (Å²) in [5.41, 5.74) is 1.05. The van der Waals surface area contributed by atoms with Crippen LogP contribution in [0.3, 0.4) is 0 Å². The van der Waals surface area contributed by atoms with Crippen molar-refractivity contribution in [2.45, 2.75) is 44.8 Å². The first-order valence-electron chi connectivity index (χ1n) is 9.93. The Bertz CT molecular complexity index is 707. The monoisotopic (exact) mass is 392 g/mol. The molecule has 2 heterocycles. The summed E-state index contributed by atoms with van der Waals surface area (Å²) in [7, 11) is 1.81. The molecule has 148 valence electrons. The van der Waals surface area contributed by atoms with Crippen LogP contribution in [0, 0.1) is 5.92 Å². The first-order valence-corrected chi connectivity index (χ1v) is 10.3. The van der Waals surface area contributed by atoms with Crippen LogP contribution in [0.15, 0.2) is 17.1 Å². The van der Waals surface area contributed by atoms with E-state index in [1.807, 2.05) is 19.2 Å². The van der Waals surface area contributed by atoms with Gasteiger partial charge in [-0.05, 0) is 36.5 Å². The van der Waals surface area contributed by atoms with Crippen molar-refractivity contribution in [3.63, 3.8) is 0 Å². The van der Waals surface area contributed by atoms with Gasteiger partial charge >= 0.3 is 0 Å². The summed E-state index contributed by atoms with van der Waals surface area (Å²) < 4.78 is 11.5. The van der Waals surface area contributed by atoms with Crippen LogP contribution >= 0.6 is 11.6 Å². The van der Waals surface area contributed by atoms with Crippen LogP contribution in [0.4, 0.5) is 0 Å². The lowest BCUT2D eigenvalue weighted by molar-refractivity contribution is 0.297. The number of hydrogen-bond acceptors (Lipinski definition) is 4. The Morgan fingerprint density at radius 3 is 2.85 bits per heavy atom. The molecule has 1 aromatic carbocycles. The molecule has 2 fully saturated rings. The minimum absolute atomic E-state index is 0.434. The number of rotatable bonds is 4. The summed E-state index contributed by atoms with van der Waals surface area (Å²) >= 11 is 6.39. The number of halogens is 1. The predicted octanol–water partition coefficient (Wildman–Crippen LogP) is 2.65. The Morgan fingerprint density at radius 2 is 2.07 bits per heavy atom. The minimum Gasteiger partial charge on any atom is -0.489 e. The lowest BCUT2D eigenvalue weighted by atomic mass is 10.1. The third-order valence-corrected chi connectivity index (χ3v) is 5.85. The molecule has 2 unspecified atom stereocenters. The molecular formula is C20H29ClN4O2. The first kappa shape index (κ1) is 18.7. The van der Waals surface area contributed by atoms with E-state index in [1.54, 1.807) is 0 Å². The fourth-order valence-corrected chi connectivity index (χ4v) is 4.16. The molecule has 0 bridgehead atoms. The smallest absolute Gasteiger partial charge is 0.191 e. The largest absolute Gasteiger partial charge is 0.489 e. The number of hydrogen-bond donors (Lipinski definition) is 2. The Kier molecular flexibility index (Phi) is 5.64. The highest BCUT2D eigenvalue weighted by molar-refractivity contribution is 6.32. The second kappa shape index (κ2) is 8.15. The van der Waals surface area contributed by atoms with Gasteiger partial charge in [0, 0.05) is 45.2 Å². The van der Waals surface area contributed by atoms with Gasteiger partial charge in [0.15, 0.2) is 17.5 Å². The highest BCUT2D eigenvalue weighted by Crippen LogP contribution is 2.38. The van der Waals surface area contributed by atoms with E-state index in [-0.39, 0.29) is 0 Å². The summed E-state index contributed by atoms with van der Waals surface area (Å²) in [6.45, 7) is 6.51. The molecule has 2 N–H and O–H groups in total. The van der Waals surface area contributed by atoms with Gasteiger partial charge in [-0.3, -0.25) is 9.89 Å². The molecule has 27 heavy (non-hydrogen) atoms. The van der Waals surface area contributed by atoms with Crippen LogP contribution in [-0.4, -0.2) is 56.3 Å². The molecule has 3 aliphatic rings. The van der Waals surface area contributed by atoms with E-state index in [2.05, 4.69) is 27.4 Å². The molecule has 1 saturated carbocycles. The average molecular weight is 393 g/mol. The van der Waals surface area contributed by atoms with Crippen molar-refractivity contribution in [1.82, 2.24) is 15.5 Å². The Morgan fingerprint density at radius 1 is 1.26 bits per heavy atom. The summed E-state index contributed by atoms with van der Waals surface area (Å²) in [5, 5.41) is 7.60. The first-order chi connectivity index (χ1) is 13.1. The summed E-state index contributed by atoms with van der Waals surface area (Å²) in [5.74, 6) is 2.83. The van der Waals surface area contributed by atoms with Crippen molar-refractivity contribution in [3.05, 3.63) is 22.7 Å². The molecular weight excluding hydrogens is 364 g/mol. The molecule has 1 saturated heterocycles. The topological polar surface area (TPSA) is 58.1 Å². The van der Waals surface area contributed by atoms with E-state index in [9.17, 15) is 0 Å². The van der Waals surface area contributed by atoms with E-state index in [4.69, 9.17) is 21.1 Å². The van der Waals surface area contributed by atoms with Crippen LogP contribution in [0.2, 0.25) is 5.02 Å². The number of aliphatic imine (C=N–C) groups is 1. The summed E-state index contributed by atoms with van der Waals surface area (Å²) in [6.07, 6.45) is 3.58. The van der Waals surface area contributed by atoms with Crippen LogP contribution in [-0.2, 0) is 6.54 Å². The number of nitrogens with one attached hydrogen (secondary N) is 2. The van der Waals surface area contributed by atoms with Crippen molar-refractivity contribution in [2.24, 2.45) is 10.9 Å². The maximum Gasteiger partial charge on any atom is 0.191 e. The number of fused-ring (bicyclic) bond motifs is 1. The quantitative estimate of drug-likeness (QED) is 0.609. The third kappa shape index (κ3) is 4.43. The van der Waals surface area contributed by atoms with E-state index in [0.29, 0.717) is 42.5 Å². The number of guanidine groups is 1. The van der Waals surface area contributed by atoms with Gasteiger partial charge in [-0.1, -0.05) is 18.5 Å². The molecule has 0 spiro atoms. The zero-order valence-electron chi connectivity index (χ0n) is 16.1. The van der Waals surface area contributed by atoms with Gasteiger partial charge in [-0.15, -0.1) is 0 Å². The van der Waals surface area contributed by atoms with Crippen molar-refractivity contribution < 1.29 is 9.47 Å². The second-order valence-electron chi connectivity index (χ2n) is 7.79. The zero-order valence-corrected chi connectivity index (χ0v) is 16.9. The van der Waals surface area contributed by atoms with Crippen molar-refractivity contribution in [2.75, 3.05) is 33.4 Å². The highest BCUT2D eigenvalue weighted by Gasteiger charge is 2.38. The van der Waals surface area contributed by atoms with E-state index < -0.39 is 0 Å². The standard InChI is InChI=1S/C20H29ClN4O2/c1-13-11-25(15-4-5-15)12-17(13)24-20(22-2)23-10-14-8-16(21)19-18(9-14)26-6-3-7-27-19/h8-9,13,15,17H,3-7,10-12H2,1-2H3,(H2,22,23,24). The fraction of sp³-hybridized carbons (Fsp3) is 0.650. The van der Waals surface area contributed by atoms with E-state index in [1.165, 1.54) is 19.4 Å². The van der Waals surface area contributed by atoms with Gasteiger partial charge in [0.1, 0.15) is 0 Å². The third-order valence-electron chi connectivity index (χ3n) is 5.57. The molecule has 4 rings (SSSR count). The van der Waals surface area contributed by atoms with Gasteiger partial charge in [0.2, 0.25) is 0 Å². The van der Waals surface area contributed by atoms with Gasteiger partial charge in [-0.25, -0.2) is 0 Å². The van der Waals surface area contributed by atoms with Gasteiger partial charge in [0.25, 0.3) is 0 Å². The predicted molar refractivity (Wildman–Crippen MR) is 108 cm³/mol. The van der Waals surface area contributed by atoms with Crippen LogP contribution in [0.5, 0.6) is 11.5 Å². The molecule has 0 radical (unpaired) electrons. The second-order valence-corrected chi connectivity index (χ2v) is 8.20. The summed E-state index contributed by atoms with van der Waals surface area (Å²) in [4.78, 5) is 7.01. The molecule has 0 aromatic heterocycles. The normalized spacial score (nSPS) is 26.0. The maximum absolute atomic E-state index is 6.39. The fourth-order valence-electron chi connectivity index (χ4n) is 3.87. The number of benzene rings is 1. The van der Waals surface area contributed by atoms with Crippen molar-refractivity contribution in [1.29, 1.82) is 0 Å². The van der Waals surface area contributed by atoms with Crippen LogP contribution < -0.4 is 20.1 Å². The van der Waals surface area contributed by atoms with Crippen molar-refractivity contribution in [3.8, 4) is 11.5 Å². The van der Waals surface area contributed by atoms with Crippen molar-refractivity contribution >= 4 is 17.6 Å². The van der Waals surface area contributed by atoms with E-state index in [0.717, 1.165) is 36.3 Å². The van der Waals surface area contributed by atoms with Crippen LogP contribution in [0.25, 0.3) is 0 Å². The highest BCUT2D eigenvalue weighted by atomic mass is 35.5.